The predicted molar refractivity (Wildman–Crippen MR) is 99.1 cm³/mol. The van der Waals surface area contributed by atoms with Gasteiger partial charge in [-0.1, -0.05) is 0 Å². The molecule has 0 unspecified atom stereocenters. The van der Waals surface area contributed by atoms with Gasteiger partial charge >= 0.3 is 11.9 Å². The number of esters is 2. The first-order valence-corrected chi connectivity index (χ1v) is 8.69. The van der Waals surface area contributed by atoms with Crippen LogP contribution in [0.5, 0.6) is 0 Å². The van der Waals surface area contributed by atoms with Gasteiger partial charge in [-0.05, 0) is 31.2 Å². The topological polar surface area (TPSA) is 119 Å². The molecule has 0 amide bonds. The van der Waals surface area contributed by atoms with E-state index in [1.54, 1.807) is 6.92 Å². The minimum Gasteiger partial charge on any atom is -0.462 e. The number of aromatic nitrogens is 4. The molecule has 148 valence electrons. The first-order valence-electron chi connectivity index (χ1n) is 8.69. The van der Waals surface area contributed by atoms with E-state index in [2.05, 4.69) is 15.1 Å². The van der Waals surface area contributed by atoms with Crippen LogP contribution in [0, 0.1) is 5.82 Å². The average molecular weight is 398 g/mol. The van der Waals surface area contributed by atoms with Crippen molar-refractivity contribution in [1.29, 1.82) is 0 Å². The molecule has 0 aliphatic heterocycles. The van der Waals surface area contributed by atoms with Gasteiger partial charge in [-0.2, -0.15) is 0 Å². The maximum atomic E-state index is 13.3. The summed E-state index contributed by atoms with van der Waals surface area (Å²) in [7, 11) is 0. The highest BCUT2D eigenvalue weighted by molar-refractivity contribution is 5.96. The van der Waals surface area contributed by atoms with Gasteiger partial charge in [0.15, 0.2) is 5.65 Å². The third kappa shape index (κ3) is 3.47. The van der Waals surface area contributed by atoms with Gasteiger partial charge in [-0.25, -0.2) is 23.5 Å². The number of carbonyl (C=O) groups excluding carboxylic acids is 2. The highest BCUT2D eigenvalue weighted by Gasteiger charge is 2.18. The Balaban J connectivity index is 1.57. The first-order chi connectivity index (χ1) is 14.0. The van der Waals surface area contributed by atoms with Crippen molar-refractivity contribution in [2.24, 2.45) is 0 Å². The Morgan fingerprint density at radius 1 is 1.17 bits per heavy atom. The number of aromatic amines is 2. The fourth-order valence-electron chi connectivity index (χ4n) is 2.89. The summed E-state index contributed by atoms with van der Waals surface area (Å²) in [4.78, 5) is 43.5. The lowest BCUT2D eigenvalue weighted by Gasteiger charge is -2.04. The van der Waals surface area contributed by atoms with Crippen LogP contribution in [0.2, 0.25) is 0 Å². The number of hydrogen-bond acceptors (Lipinski definition) is 6. The van der Waals surface area contributed by atoms with Gasteiger partial charge in [0.05, 0.1) is 12.3 Å². The number of hydrogen-bond donors (Lipinski definition) is 2. The molecular weight excluding hydrogens is 383 g/mol. The minimum atomic E-state index is -0.691. The molecule has 3 aromatic heterocycles. The first kappa shape index (κ1) is 18.4. The fourth-order valence-corrected chi connectivity index (χ4v) is 2.89. The van der Waals surface area contributed by atoms with Crippen LogP contribution in [0.1, 0.15) is 33.5 Å². The van der Waals surface area contributed by atoms with Crippen molar-refractivity contribution in [3.8, 4) is 0 Å². The molecular formula is C19H15FN4O5. The lowest BCUT2D eigenvalue weighted by Crippen LogP contribution is -2.17. The zero-order valence-electron chi connectivity index (χ0n) is 15.2. The number of nitrogens with zero attached hydrogens (tertiary/aromatic N) is 2. The Hall–Kier alpha value is -3.95. The molecule has 4 rings (SSSR count). The largest absolute Gasteiger partial charge is 0.462 e. The number of nitrogens with one attached hydrogen (secondary N) is 2. The number of benzene rings is 1. The molecule has 2 N–H and O–H groups in total. The number of halogens is 1. The van der Waals surface area contributed by atoms with Gasteiger partial charge < -0.3 is 14.5 Å². The van der Waals surface area contributed by atoms with Gasteiger partial charge in [0, 0.05) is 23.2 Å². The van der Waals surface area contributed by atoms with Crippen LogP contribution in [-0.4, -0.2) is 38.1 Å². The smallest absolute Gasteiger partial charge is 0.355 e. The summed E-state index contributed by atoms with van der Waals surface area (Å²) in [6.07, 6.45) is 1.32. The van der Waals surface area contributed by atoms with Crippen LogP contribution in [0.3, 0.4) is 0 Å². The molecule has 0 saturated carbocycles. The highest BCUT2D eigenvalue weighted by Crippen LogP contribution is 2.17. The van der Waals surface area contributed by atoms with E-state index < -0.39 is 23.3 Å². The second kappa shape index (κ2) is 7.23. The maximum absolute atomic E-state index is 13.3. The van der Waals surface area contributed by atoms with Crippen molar-refractivity contribution in [1.82, 2.24) is 19.6 Å². The summed E-state index contributed by atoms with van der Waals surface area (Å²) < 4.78 is 24.5. The zero-order chi connectivity index (χ0) is 20.5. The molecule has 0 spiro atoms. The quantitative estimate of drug-likeness (QED) is 0.498. The third-order valence-electron chi connectivity index (χ3n) is 4.20. The Morgan fingerprint density at radius 2 is 2.00 bits per heavy atom. The molecule has 0 fully saturated rings. The molecule has 0 saturated heterocycles. The number of ether oxygens (including phenoxy) is 2. The van der Waals surface area contributed by atoms with Crippen molar-refractivity contribution in [3.63, 3.8) is 0 Å². The van der Waals surface area contributed by atoms with E-state index in [-0.39, 0.29) is 35.8 Å². The predicted octanol–water partition coefficient (Wildman–Crippen LogP) is 2.18. The van der Waals surface area contributed by atoms with Crippen molar-refractivity contribution < 1.29 is 23.5 Å². The van der Waals surface area contributed by atoms with E-state index in [1.165, 1.54) is 36.5 Å². The zero-order valence-corrected chi connectivity index (χ0v) is 15.2. The van der Waals surface area contributed by atoms with Crippen molar-refractivity contribution in [3.05, 3.63) is 69.7 Å². The van der Waals surface area contributed by atoms with Crippen molar-refractivity contribution in [2.45, 2.75) is 13.5 Å². The normalized spacial score (nSPS) is 11.1. The maximum Gasteiger partial charge on any atom is 0.355 e. The number of fused-ring (bicyclic) bond motifs is 2. The van der Waals surface area contributed by atoms with E-state index in [0.717, 1.165) is 4.52 Å². The van der Waals surface area contributed by atoms with E-state index >= 15 is 0 Å². The molecule has 0 aliphatic carbocycles. The van der Waals surface area contributed by atoms with Crippen molar-refractivity contribution in [2.75, 3.05) is 6.61 Å². The molecule has 0 radical (unpaired) electrons. The highest BCUT2D eigenvalue weighted by atomic mass is 19.1. The Morgan fingerprint density at radius 3 is 2.79 bits per heavy atom. The van der Waals surface area contributed by atoms with Crippen LogP contribution in [-0.2, 0) is 16.1 Å². The SMILES string of the molecule is CCOC(=O)c1c[nH]n2c(=O)cc(COC(=O)c3cc4cc(F)ccc4[nH]3)nc12. The van der Waals surface area contributed by atoms with E-state index in [4.69, 9.17) is 9.47 Å². The molecule has 4 aromatic rings. The standard InChI is InChI=1S/C19H15FN4O5/c1-2-28-18(26)13-8-21-24-16(25)7-12(22-17(13)24)9-29-19(27)15-6-10-5-11(20)3-4-14(10)23-15/h3-8,21,23H,2,9H2,1H3. The van der Waals surface area contributed by atoms with E-state index in [1.807, 2.05) is 0 Å². The van der Waals surface area contributed by atoms with Gasteiger partial charge in [0.25, 0.3) is 5.56 Å². The van der Waals surface area contributed by atoms with Gasteiger partial charge in [0.2, 0.25) is 0 Å². The summed E-state index contributed by atoms with van der Waals surface area (Å²) >= 11 is 0. The summed E-state index contributed by atoms with van der Waals surface area (Å²) in [5.74, 6) is -1.74. The summed E-state index contributed by atoms with van der Waals surface area (Å²) in [6, 6.07) is 6.74. The molecule has 1 aromatic carbocycles. The average Bonchev–Trinajstić information content (AvgIpc) is 3.30. The molecule has 0 bridgehead atoms. The molecule has 3 heterocycles. The Kier molecular flexibility index (Phi) is 4.59. The lowest BCUT2D eigenvalue weighted by molar-refractivity contribution is 0.0459. The number of H-pyrrole nitrogens is 2. The van der Waals surface area contributed by atoms with Crippen molar-refractivity contribution >= 4 is 28.5 Å². The van der Waals surface area contributed by atoms with Crippen LogP contribution < -0.4 is 5.56 Å². The van der Waals surface area contributed by atoms with Crippen LogP contribution >= 0.6 is 0 Å². The number of carbonyl (C=O) groups is 2. The van der Waals surface area contributed by atoms with Crippen LogP contribution in [0.15, 0.2) is 41.3 Å². The Bertz CT molecular complexity index is 1300. The number of rotatable bonds is 5. The summed E-state index contributed by atoms with van der Waals surface area (Å²) in [5.41, 5.74) is 0.575. The van der Waals surface area contributed by atoms with Crippen LogP contribution in [0.25, 0.3) is 16.6 Å². The van der Waals surface area contributed by atoms with Gasteiger partial charge in [0.1, 0.15) is 23.7 Å². The second-order valence-electron chi connectivity index (χ2n) is 6.14. The summed E-state index contributed by atoms with van der Waals surface area (Å²) in [6.45, 7) is 1.55. The third-order valence-corrected chi connectivity index (χ3v) is 4.20. The monoisotopic (exact) mass is 398 g/mol. The Labute approximate surface area is 162 Å². The molecule has 0 aliphatic rings. The summed E-state index contributed by atoms with van der Waals surface area (Å²) in [5, 5.41) is 3.16. The van der Waals surface area contributed by atoms with E-state index in [9.17, 15) is 18.8 Å². The molecule has 29 heavy (non-hydrogen) atoms. The molecule has 9 nitrogen and oxygen atoms in total. The van der Waals surface area contributed by atoms with Gasteiger partial charge in [-0.3, -0.25) is 9.89 Å². The molecule has 10 heteroatoms. The fraction of sp³-hybridized carbons (Fsp3) is 0.158. The second-order valence-corrected chi connectivity index (χ2v) is 6.14. The molecule has 0 atom stereocenters. The van der Waals surface area contributed by atoms with Crippen LogP contribution in [0.4, 0.5) is 4.39 Å². The lowest BCUT2D eigenvalue weighted by atomic mass is 10.2. The minimum absolute atomic E-state index is 0.0723. The van der Waals surface area contributed by atoms with Gasteiger partial charge in [-0.15, -0.1) is 0 Å². The van der Waals surface area contributed by atoms with E-state index in [0.29, 0.717) is 10.9 Å².